The summed E-state index contributed by atoms with van der Waals surface area (Å²) >= 11 is 0. The number of aromatic nitrogens is 2. The lowest BCUT2D eigenvalue weighted by atomic mass is 9.89. The molecule has 1 heterocycles. The minimum Gasteiger partial charge on any atom is -0.301 e. The van der Waals surface area contributed by atoms with Crippen molar-refractivity contribution in [2.45, 2.75) is 52.1 Å². The molecule has 0 bridgehead atoms. The van der Waals surface area contributed by atoms with Gasteiger partial charge in [-0.05, 0) is 57.1 Å². The van der Waals surface area contributed by atoms with Gasteiger partial charge in [0.25, 0.3) is 0 Å². The van der Waals surface area contributed by atoms with Gasteiger partial charge < -0.3 is 4.84 Å². The van der Waals surface area contributed by atoms with Crippen LogP contribution in [0.3, 0.4) is 0 Å². The molecule has 2 N–H and O–H groups in total. The predicted octanol–water partition coefficient (Wildman–Crippen LogP) is 3.29. The average molecular weight is 297 g/mol. The quantitative estimate of drug-likeness (QED) is 0.864. The standard InChI is InChI=1S/C18H23N3O/c1-12-6-8-14(9-7-12)18-17-5-3-4-15(22-19)10-11-16(17)13(2)20-21-18/h6-9,15H,3-5,10-11,19H2,1-2H3. The van der Waals surface area contributed by atoms with Gasteiger partial charge in [-0.3, -0.25) is 0 Å². The van der Waals surface area contributed by atoms with Crippen LogP contribution in [-0.2, 0) is 17.7 Å². The van der Waals surface area contributed by atoms with Gasteiger partial charge in [-0.25, -0.2) is 5.90 Å². The van der Waals surface area contributed by atoms with E-state index in [0.717, 1.165) is 49.1 Å². The average Bonchev–Trinajstić information content (AvgIpc) is 2.50. The highest BCUT2D eigenvalue weighted by molar-refractivity contribution is 5.65. The van der Waals surface area contributed by atoms with Gasteiger partial charge in [-0.15, -0.1) is 5.10 Å². The highest BCUT2D eigenvalue weighted by atomic mass is 16.6. The number of hydrogen-bond donors (Lipinski definition) is 1. The lowest BCUT2D eigenvalue weighted by Crippen LogP contribution is -2.21. The molecule has 0 saturated carbocycles. The maximum Gasteiger partial charge on any atom is 0.0964 e. The van der Waals surface area contributed by atoms with Crippen molar-refractivity contribution in [2.75, 3.05) is 0 Å². The van der Waals surface area contributed by atoms with E-state index in [4.69, 9.17) is 10.7 Å². The molecule has 0 radical (unpaired) electrons. The van der Waals surface area contributed by atoms with Gasteiger partial charge in [0, 0.05) is 5.56 Å². The van der Waals surface area contributed by atoms with Gasteiger partial charge in [0.15, 0.2) is 0 Å². The molecule has 0 amide bonds. The Kier molecular flexibility index (Phi) is 4.50. The third kappa shape index (κ3) is 3.03. The number of hydrogen-bond acceptors (Lipinski definition) is 4. The summed E-state index contributed by atoms with van der Waals surface area (Å²) in [6.07, 6.45) is 5.14. The first-order valence-corrected chi connectivity index (χ1v) is 7.96. The van der Waals surface area contributed by atoms with Crippen LogP contribution in [0, 0.1) is 13.8 Å². The summed E-state index contributed by atoms with van der Waals surface area (Å²) in [6.45, 7) is 4.15. The molecular formula is C18H23N3O. The van der Waals surface area contributed by atoms with Gasteiger partial charge in [0.05, 0.1) is 17.5 Å². The molecule has 1 unspecified atom stereocenters. The van der Waals surface area contributed by atoms with Crippen LogP contribution in [0.25, 0.3) is 11.3 Å². The zero-order valence-electron chi connectivity index (χ0n) is 13.3. The van der Waals surface area contributed by atoms with Crippen molar-refractivity contribution >= 4 is 0 Å². The van der Waals surface area contributed by atoms with Gasteiger partial charge in [0.1, 0.15) is 0 Å². The van der Waals surface area contributed by atoms with Crippen LogP contribution in [0.1, 0.15) is 41.6 Å². The van der Waals surface area contributed by atoms with Crippen molar-refractivity contribution in [3.8, 4) is 11.3 Å². The first-order chi connectivity index (χ1) is 10.7. The summed E-state index contributed by atoms with van der Waals surface area (Å²) in [5.41, 5.74) is 7.16. The molecule has 2 aromatic rings. The molecule has 1 aliphatic rings. The molecule has 0 fully saturated rings. The van der Waals surface area contributed by atoms with Crippen molar-refractivity contribution in [3.05, 3.63) is 46.6 Å². The molecule has 1 aliphatic carbocycles. The largest absolute Gasteiger partial charge is 0.301 e. The molecule has 0 saturated heterocycles. The summed E-state index contributed by atoms with van der Waals surface area (Å²) in [7, 11) is 0. The Morgan fingerprint density at radius 1 is 1.00 bits per heavy atom. The summed E-state index contributed by atoms with van der Waals surface area (Å²) in [5, 5.41) is 8.89. The second-order valence-electron chi connectivity index (χ2n) is 6.15. The Bertz CT molecular complexity index is 652. The van der Waals surface area contributed by atoms with Gasteiger partial charge >= 0.3 is 0 Å². The SMILES string of the molecule is Cc1ccc(-c2nnc(C)c3c2CCCC(ON)CC3)cc1. The van der Waals surface area contributed by atoms with Crippen molar-refractivity contribution < 1.29 is 4.84 Å². The summed E-state index contributed by atoms with van der Waals surface area (Å²) < 4.78 is 0. The first-order valence-electron chi connectivity index (χ1n) is 7.96. The van der Waals surface area contributed by atoms with Crippen LogP contribution in [0.2, 0.25) is 0 Å². The topological polar surface area (TPSA) is 61.0 Å². The smallest absolute Gasteiger partial charge is 0.0964 e. The molecule has 1 atom stereocenters. The lowest BCUT2D eigenvalue weighted by Gasteiger charge is -2.22. The second kappa shape index (κ2) is 6.55. The molecule has 0 aliphatic heterocycles. The minimum atomic E-state index is 0.156. The fraction of sp³-hybridized carbons (Fsp3) is 0.444. The van der Waals surface area contributed by atoms with Gasteiger partial charge in [-0.1, -0.05) is 29.8 Å². The third-order valence-electron chi connectivity index (χ3n) is 4.57. The second-order valence-corrected chi connectivity index (χ2v) is 6.15. The number of nitrogens with zero attached hydrogens (tertiary/aromatic N) is 2. The maximum absolute atomic E-state index is 5.39. The highest BCUT2D eigenvalue weighted by Gasteiger charge is 2.20. The Morgan fingerprint density at radius 2 is 1.77 bits per heavy atom. The molecule has 116 valence electrons. The first kappa shape index (κ1) is 15.1. The Morgan fingerprint density at radius 3 is 2.50 bits per heavy atom. The summed E-state index contributed by atoms with van der Waals surface area (Å²) in [6, 6.07) is 8.54. The lowest BCUT2D eigenvalue weighted by molar-refractivity contribution is 0.0393. The van der Waals surface area contributed by atoms with Crippen LogP contribution in [0.15, 0.2) is 24.3 Å². The normalized spacial score (nSPS) is 18.4. The van der Waals surface area contributed by atoms with Crippen molar-refractivity contribution in [1.82, 2.24) is 10.2 Å². The van der Waals surface area contributed by atoms with E-state index in [9.17, 15) is 0 Å². The number of nitrogens with two attached hydrogens (primary N) is 1. The van der Waals surface area contributed by atoms with E-state index in [2.05, 4.69) is 41.4 Å². The number of fused-ring (bicyclic) bond motifs is 1. The minimum absolute atomic E-state index is 0.156. The van der Waals surface area contributed by atoms with Crippen LogP contribution in [0.5, 0.6) is 0 Å². The molecule has 4 heteroatoms. The zero-order chi connectivity index (χ0) is 15.5. The Labute approximate surface area is 131 Å². The summed E-state index contributed by atoms with van der Waals surface area (Å²) in [4.78, 5) is 5.07. The van der Waals surface area contributed by atoms with Crippen LogP contribution >= 0.6 is 0 Å². The fourth-order valence-corrected chi connectivity index (χ4v) is 3.24. The van der Waals surface area contributed by atoms with Crippen molar-refractivity contribution in [2.24, 2.45) is 5.90 Å². The highest BCUT2D eigenvalue weighted by Crippen LogP contribution is 2.30. The van der Waals surface area contributed by atoms with E-state index in [1.165, 1.54) is 16.7 Å². The van der Waals surface area contributed by atoms with E-state index in [1.54, 1.807) is 0 Å². The molecule has 1 aromatic heterocycles. The molecule has 22 heavy (non-hydrogen) atoms. The number of rotatable bonds is 2. The molecular weight excluding hydrogens is 274 g/mol. The van der Waals surface area contributed by atoms with E-state index in [1.807, 2.05) is 6.92 Å². The zero-order valence-corrected chi connectivity index (χ0v) is 13.3. The van der Waals surface area contributed by atoms with Crippen LogP contribution in [-0.4, -0.2) is 16.3 Å². The number of benzene rings is 1. The maximum atomic E-state index is 5.39. The van der Waals surface area contributed by atoms with E-state index >= 15 is 0 Å². The van der Waals surface area contributed by atoms with Crippen LogP contribution < -0.4 is 5.90 Å². The molecule has 3 rings (SSSR count). The molecule has 4 nitrogen and oxygen atoms in total. The Hall–Kier alpha value is -1.78. The fourth-order valence-electron chi connectivity index (χ4n) is 3.24. The van der Waals surface area contributed by atoms with Crippen molar-refractivity contribution in [3.63, 3.8) is 0 Å². The van der Waals surface area contributed by atoms with E-state index in [-0.39, 0.29) is 6.10 Å². The molecule has 1 aromatic carbocycles. The predicted molar refractivity (Wildman–Crippen MR) is 87.3 cm³/mol. The van der Waals surface area contributed by atoms with Gasteiger partial charge in [-0.2, -0.15) is 5.10 Å². The Balaban J connectivity index is 2.03. The van der Waals surface area contributed by atoms with Gasteiger partial charge in [0.2, 0.25) is 0 Å². The van der Waals surface area contributed by atoms with E-state index < -0.39 is 0 Å². The molecule has 0 spiro atoms. The summed E-state index contributed by atoms with van der Waals surface area (Å²) in [5.74, 6) is 5.39. The van der Waals surface area contributed by atoms with E-state index in [0.29, 0.717) is 0 Å². The third-order valence-corrected chi connectivity index (χ3v) is 4.57. The number of aryl methyl sites for hydroxylation is 2. The van der Waals surface area contributed by atoms with Crippen molar-refractivity contribution in [1.29, 1.82) is 0 Å². The van der Waals surface area contributed by atoms with Crippen LogP contribution in [0.4, 0.5) is 0 Å². The monoisotopic (exact) mass is 297 g/mol.